The maximum absolute atomic E-state index is 5.55. The van der Waals surface area contributed by atoms with Gasteiger partial charge in [-0.15, -0.1) is 0 Å². The molecule has 4 nitrogen and oxygen atoms in total. The van der Waals surface area contributed by atoms with Crippen LogP contribution in [0.5, 0.6) is 0 Å². The van der Waals surface area contributed by atoms with E-state index in [9.17, 15) is 0 Å². The fraction of sp³-hybridized carbons (Fsp3) is 0.235. The number of furan rings is 1. The van der Waals surface area contributed by atoms with Crippen molar-refractivity contribution in [3.63, 3.8) is 0 Å². The Morgan fingerprint density at radius 2 is 1.86 bits per heavy atom. The highest BCUT2D eigenvalue weighted by Crippen LogP contribution is 2.22. The third-order valence-electron chi connectivity index (χ3n) is 3.55. The molecular formula is C17H19N3O. The summed E-state index contributed by atoms with van der Waals surface area (Å²) in [5.74, 6) is 2.67. The third kappa shape index (κ3) is 2.84. The summed E-state index contributed by atoms with van der Waals surface area (Å²) in [6, 6.07) is 12.4. The zero-order valence-corrected chi connectivity index (χ0v) is 12.6. The van der Waals surface area contributed by atoms with Crippen molar-refractivity contribution in [2.24, 2.45) is 7.05 Å². The molecule has 0 spiro atoms. The summed E-state index contributed by atoms with van der Waals surface area (Å²) < 4.78 is 7.61. The molecular weight excluding hydrogens is 262 g/mol. The van der Waals surface area contributed by atoms with Crippen molar-refractivity contribution >= 4 is 5.95 Å². The lowest BCUT2D eigenvalue weighted by Gasteiger charge is -2.07. The standard InChI is InChI=1S/C17H19N3O/c1-12-4-7-14(8-5-12)16-11-19-17(20(16)3)18-10-15-9-6-13(2)21-15/h4-9,11H,10H2,1-3H3,(H,18,19). The van der Waals surface area contributed by atoms with Crippen LogP contribution in [0.1, 0.15) is 17.1 Å². The molecule has 0 fully saturated rings. The highest BCUT2D eigenvalue weighted by Gasteiger charge is 2.08. The Bertz CT molecular complexity index is 738. The van der Waals surface area contributed by atoms with E-state index in [1.165, 1.54) is 5.56 Å². The fourth-order valence-electron chi connectivity index (χ4n) is 2.31. The second-order valence-corrected chi connectivity index (χ2v) is 5.26. The van der Waals surface area contributed by atoms with E-state index in [2.05, 4.69) is 46.1 Å². The summed E-state index contributed by atoms with van der Waals surface area (Å²) in [7, 11) is 2.01. The Labute approximate surface area is 124 Å². The molecule has 0 saturated carbocycles. The molecule has 0 aliphatic rings. The van der Waals surface area contributed by atoms with Crippen molar-refractivity contribution in [1.82, 2.24) is 9.55 Å². The largest absolute Gasteiger partial charge is 0.465 e. The molecule has 0 atom stereocenters. The SMILES string of the molecule is Cc1ccc(-c2cnc(NCc3ccc(C)o3)n2C)cc1. The molecule has 0 aliphatic carbocycles. The lowest BCUT2D eigenvalue weighted by atomic mass is 10.1. The monoisotopic (exact) mass is 281 g/mol. The highest BCUT2D eigenvalue weighted by atomic mass is 16.3. The molecule has 2 heterocycles. The molecule has 2 aromatic heterocycles. The van der Waals surface area contributed by atoms with Gasteiger partial charge in [0.15, 0.2) is 0 Å². The summed E-state index contributed by atoms with van der Waals surface area (Å²) >= 11 is 0. The van der Waals surface area contributed by atoms with E-state index in [0.29, 0.717) is 6.54 Å². The topological polar surface area (TPSA) is 43.0 Å². The zero-order chi connectivity index (χ0) is 14.8. The normalized spacial score (nSPS) is 10.8. The summed E-state index contributed by atoms with van der Waals surface area (Å²) in [5.41, 5.74) is 3.51. The average Bonchev–Trinajstić information content (AvgIpc) is 3.04. The molecule has 0 unspecified atom stereocenters. The van der Waals surface area contributed by atoms with Crippen LogP contribution in [0.4, 0.5) is 5.95 Å². The number of benzene rings is 1. The van der Waals surface area contributed by atoms with E-state index in [4.69, 9.17) is 4.42 Å². The zero-order valence-electron chi connectivity index (χ0n) is 12.6. The molecule has 21 heavy (non-hydrogen) atoms. The van der Waals surface area contributed by atoms with Crippen LogP contribution in [0.3, 0.4) is 0 Å². The second-order valence-electron chi connectivity index (χ2n) is 5.26. The van der Waals surface area contributed by atoms with E-state index in [1.54, 1.807) is 0 Å². The maximum Gasteiger partial charge on any atom is 0.203 e. The Morgan fingerprint density at radius 3 is 2.52 bits per heavy atom. The average molecular weight is 281 g/mol. The molecule has 1 N–H and O–H groups in total. The van der Waals surface area contributed by atoms with Crippen molar-refractivity contribution in [3.05, 3.63) is 59.7 Å². The third-order valence-corrected chi connectivity index (χ3v) is 3.55. The van der Waals surface area contributed by atoms with Gasteiger partial charge in [0.2, 0.25) is 5.95 Å². The van der Waals surface area contributed by atoms with Crippen LogP contribution in [0, 0.1) is 13.8 Å². The maximum atomic E-state index is 5.55. The van der Waals surface area contributed by atoms with Crippen molar-refractivity contribution in [2.45, 2.75) is 20.4 Å². The summed E-state index contributed by atoms with van der Waals surface area (Å²) in [6.07, 6.45) is 1.89. The van der Waals surface area contributed by atoms with Crippen LogP contribution in [0.2, 0.25) is 0 Å². The number of aromatic nitrogens is 2. The minimum atomic E-state index is 0.631. The lowest BCUT2D eigenvalue weighted by Crippen LogP contribution is -2.05. The molecule has 0 saturated heterocycles. The molecule has 108 valence electrons. The van der Waals surface area contributed by atoms with E-state index in [1.807, 2.05) is 32.3 Å². The van der Waals surface area contributed by atoms with Crippen molar-refractivity contribution < 1.29 is 4.42 Å². The van der Waals surface area contributed by atoms with Crippen molar-refractivity contribution in [3.8, 4) is 11.3 Å². The van der Waals surface area contributed by atoms with Gasteiger partial charge in [-0.3, -0.25) is 0 Å². The van der Waals surface area contributed by atoms with Crippen LogP contribution < -0.4 is 5.32 Å². The van der Waals surface area contributed by atoms with Crippen molar-refractivity contribution in [1.29, 1.82) is 0 Å². The van der Waals surface area contributed by atoms with Crippen LogP contribution in [0.15, 0.2) is 47.0 Å². The highest BCUT2D eigenvalue weighted by molar-refractivity contribution is 5.61. The molecule has 0 radical (unpaired) electrons. The minimum absolute atomic E-state index is 0.631. The second kappa shape index (κ2) is 5.48. The quantitative estimate of drug-likeness (QED) is 0.788. The van der Waals surface area contributed by atoms with Gasteiger partial charge in [-0.1, -0.05) is 29.8 Å². The van der Waals surface area contributed by atoms with Crippen LogP contribution in [-0.2, 0) is 13.6 Å². The van der Waals surface area contributed by atoms with Gasteiger partial charge in [-0.05, 0) is 31.5 Å². The number of anilines is 1. The van der Waals surface area contributed by atoms with E-state index < -0.39 is 0 Å². The lowest BCUT2D eigenvalue weighted by molar-refractivity contribution is 0.490. The molecule has 0 amide bonds. The molecule has 3 aromatic rings. The first-order chi connectivity index (χ1) is 10.1. The summed E-state index contributed by atoms with van der Waals surface area (Å²) in [5, 5.41) is 3.30. The Kier molecular flexibility index (Phi) is 3.52. The predicted molar refractivity (Wildman–Crippen MR) is 84.2 cm³/mol. The van der Waals surface area contributed by atoms with Gasteiger partial charge in [0, 0.05) is 7.05 Å². The van der Waals surface area contributed by atoms with E-state index in [0.717, 1.165) is 28.7 Å². The smallest absolute Gasteiger partial charge is 0.203 e. The van der Waals surface area contributed by atoms with Gasteiger partial charge in [0.1, 0.15) is 11.5 Å². The number of nitrogens with one attached hydrogen (secondary N) is 1. The molecule has 3 rings (SSSR count). The van der Waals surface area contributed by atoms with E-state index >= 15 is 0 Å². The summed E-state index contributed by atoms with van der Waals surface area (Å²) in [6.45, 7) is 4.66. The van der Waals surface area contributed by atoms with Crippen LogP contribution >= 0.6 is 0 Å². The van der Waals surface area contributed by atoms with Crippen LogP contribution in [0.25, 0.3) is 11.3 Å². The van der Waals surface area contributed by atoms with Gasteiger partial charge in [-0.2, -0.15) is 0 Å². The van der Waals surface area contributed by atoms with Gasteiger partial charge >= 0.3 is 0 Å². The van der Waals surface area contributed by atoms with Gasteiger partial charge in [-0.25, -0.2) is 4.98 Å². The summed E-state index contributed by atoms with van der Waals surface area (Å²) in [4.78, 5) is 4.45. The number of imidazole rings is 1. The van der Waals surface area contributed by atoms with Gasteiger partial charge in [0.05, 0.1) is 18.4 Å². The first-order valence-corrected chi connectivity index (χ1v) is 7.01. The fourth-order valence-corrected chi connectivity index (χ4v) is 2.31. The number of aryl methyl sites for hydroxylation is 2. The number of hydrogen-bond acceptors (Lipinski definition) is 3. The number of nitrogens with zero attached hydrogens (tertiary/aromatic N) is 2. The Morgan fingerprint density at radius 1 is 1.10 bits per heavy atom. The van der Waals surface area contributed by atoms with Crippen molar-refractivity contribution in [2.75, 3.05) is 5.32 Å². The Balaban J connectivity index is 1.77. The molecule has 1 aromatic carbocycles. The minimum Gasteiger partial charge on any atom is -0.465 e. The first-order valence-electron chi connectivity index (χ1n) is 7.01. The number of rotatable bonds is 4. The predicted octanol–water partition coefficient (Wildman–Crippen LogP) is 3.91. The van der Waals surface area contributed by atoms with E-state index in [-0.39, 0.29) is 0 Å². The van der Waals surface area contributed by atoms with Crippen LogP contribution in [-0.4, -0.2) is 9.55 Å². The molecule has 0 bridgehead atoms. The molecule has 4 heteroatoms. The van der Waals surface area contributed by atoms with Gasteiger partial charge in [0.25, 0.3) is 0 Å². The first kappa shape index (κ1) is 13.5. The number of hydrogen-bond donors (Lipinski definition) is 1. The Hall–Kier alpha value is -2.49. The van der Waals surface area contributed by atoms with Gasteiger partial charge < -0.3 is 14.3 Å². The molecule has 0 aliphatic heterocycles.